The average Bonchev–Trinajstić information content (AvgIpc) is 2.50. The van der Waals surface area contributed by atoms with E-state index in [-0.39, 0.29) is 0 Å². The molecule has 110 valence electrons. The number of hydrogen-bond donors (Lipinski definition) is 0. The van der Waals surface area contributed by atoms with Crippen molar-refractivity contribution >= 4 is 30.3 Å². The molecule has 2 rings (SSSR count). The van der Waals surface area contributed by atoms with E-state index in [1.54, 1.807) is 0 Å². The maximum atomic E-state index is 11.3. The summed E-state index contributed by atoms with van der Waals surface area (Å²) in [5.41, 5.74) is 3.25. The van der Waals surface area contributed by atoms with Gasteiger partial charge in [0.2, 0.25) is 0 Å². The van der Waals surface area contributed by atoms with Crippen LogP contribution in [0.5, 0.6) is 0 Å². The van der Waals surface area contributed by atoms with Gasteiger partial charge in [-0.25, -0.2) is 0 Å². The van der Waals surface area contributed by atoms with Gasteiger partial charge >= 0.3 is 0 Å². The largest absolute Gasteiger partial charge is 0.298 e. The van der Waals surface area contributed by atoms with Crippen LogP contribution in [0.3, 0.4) is 0 Å². The molecule has 21 heavy (non-hydrogen) atoms. The maximum absolute atomic E-state index is 11.3. The van der Waals surface area contributed by atoms with Crippen molar-refractivity contribution in [2.75, 3.05) is 0 Å². The summed E-state index contributed by atoms with van der Waals surface area (Å²) in [6.07, 6.45) is 4.17. The highest BCUT2D eigenvalue weighted by molar-refractivity contribution is 6.95. The summed E-state index contributed by atoms with van der Waals surface area (Å²) in [5, 5.41) is 4.02. The Morgan fingerprint density at radius 3 is 2.52 bits per heavy atom. The Morgan fingerprint density at radius 2 is 1.81 bits per heavy atom. The van der Waals surface area contributed by atoms with Crippen LogP contribution in [-0.4, -0.2) is 14.4 Å². The van der Waals surface area contributed by atoms with Crippen molar-refractivity contribution < 1.29 is 4.79 Å². The molecule has 2 aromatic rings. The summed E-state index contributed by atoms with van der Waals surface area (Å²) in [4.78, 5) is 11.3. The molecular weight excluding hydrogens is 272 g/mol. The molecular formula is C19H24OSi. The topological polar surface area (TPSA) is 17.1 Å². The molecule has 0 aliphatic rings. The van der Waals surface area contributed by atoms with Crippen LogP contribution >= 0.6 is 0 Å². The average molecular weight is 296 g/mol. The number of rotatable bonds is 6. The zero-order valence-electron chi connectivity index (χ0n) is 13.2. The number of hydrogen-bond acceptors (Lipinski definition) is 1. The van der Waals surface area contributed by atoms with Crippen LogP contribution in [0.15, 0.2) is 53.7 Å². The van der Waals surface area contributed by atoms with Gasteiger partial charge in [0.05, 0.1) is 0 Å². The van der Waals surface area contributed by atoms with Crippen molar-refractivity contribution in [3.05, 3.63) is 53.7 Å². The van der Waals surface area contributed by atoms with Gasteiger partial charge in [-0.2, -0.15) is 0 Å². The fourth-order valence-electron chi connectivity index (χ4n) is 2.87. The maximum Gasteiger partial charge on any atom is 0.145 e. The monoisotopic (exact) mass is 296 g/mol. The molecule has 0 saturated heterocycles. The van der Waals surface area contributed by atoms with Gasteiger partial charge in [-0.15, -0.1) is 0 Å². The first kappa shape index (κ1) is 15.7. The highest BCUT2D eigenvalue weighted by Crippen LogP contribution is 2.18. The smallest absolute Gasteiger partial charge is 0.145 e. The van der Waals surface area contributed by atoms with E-state index in [9.17, 15) is 4.79 Å². The van der Waals surface area contributed by atoms with Crippen molar-refractivity contribution in [3.63, 3.8) is 0 Å². The zero-order valence-corrected chi connectivity index (χ0v) is 14.2. The second-order valence-electron chi connectivity index (χ2n) is 6.19. The number of unbranched alkanes of at least 4 members (excludes halogenated alkanes) is 1. The Labute approximate surface area is 128 Å². The molecule has 0 aliphatic heterocycles. The molecule has 0 radical (unpaired) electrons. The van der Waals surface area contributed by atoms with Gasteiger partial charge in [0, 0.05) is 0 Å². The third-order valence-electron chi connectivity index (χ3n) is 4.00. The molecule has 0 amide bonds. The molecule has 0 fully saturated rings. The Bertz CT molecular complexity index is 650. The molecule has 1 nitrogen and oxygen atoms in total. The molecule has 0 atom stereocenters. The Kier molecular flexibility index (Phi) is 5.13. The second-order valence-corrected chi connectivity index (χ2v) is 10.5. The van der Waals surface area contributed by atoms with E-state index >= 15 is 0 Å². The number of carbonyl (C=O) groups is 1. The molecule has 2 aromatic carbocycles. The molecule has 0 N–H and O–H groups in total. The van der Waals surface area contributed by atoms with Crippen LogP contribution < -0.4 is 5.19 Å². The summed E-state index contributed by atoms with van der Waals surface area (Å²) in [6, 6.07) is 15.0. The highest BCUT2D eigenvalue weighted by atomic mass is 28.3. The van der Waals surface area contributed by atoms with Gasteiger partial charge in [-0.05, 0) is 34.4 Å². The van der Waals surface area contributed by atoms with Crippen LogP contribution in [0.4, 0.5) is 0 Å². The first-order valence-electron chi connectivity index (χ1n) is 7.73. The van der Waals surface area contributed by atoms with Gasteiger partial charge in [0.15, 0.2) is 0 Å². The third-order valence-corrected chi connectivity index (χ3v) is 6.92. The van der Waals surface area contributed by atoms with Gasteiger partial charge < -0.3 is 0 Å². The van der Waals surface area contributed by atoms with Crippen molar-refractivity contribution in [1.82, 2.24) is 0 Å². The van der Waals surface area contributed by atoms with Crippen molar-refractivity contribution in [2.24, 2.45) is 0 Å². The lowest BCUT2D eigenvalue weighted by atomic mass is 10.1. The number of fused-ring (bicyclic) bond motifs is 1. The molecule has 0 aromatic heterocycles. The van der Waals surface area contributed by atoms with Crippen LogP contribution in [0.2, 0.25) is 13.1 Å². The van der Waals surface area contributed by atoms with E-state index in [0.29, 0.717) is 0 Å². The van der Waals surface area contributed by atoms with E-state index < -0.39 is 8.07 Å². The summed E-state index contributed by atoms with van der Waals surface area (Å²) in [7, 11) is -1.77. The minimum absolute atomic E-state index is 0.904. The first-order valence-corrected chi connectivity index (χ1v) is 10.8. The van der Waals surface area contributed by atoms with Gasteiger partial charge in [0.1, 0.15) is 14.4 Å². The van der Waals surface area contributed by atoms with Crippen LogP contribution in [0.25, 0.3) is 10.8 Å². The summed E-state index contributed by atoms with van der Waals surface area (Å²) >= 11 is 0. The Hall–Kier alpha value is -1.67. The lowest BCUT2D eigenvalue weighted by Crippen LogP contribution is -2.40. The summed E-state index contributed by atoms with van der Waals surface area (Å²) in [6.45, 7) is 6.81. The predicted octanol–water partition coefficient (Wildman–Crippen LogP) is 4.61. The van der Waals surface area contributed by atoms with E-state index in [1.165, 1.54) is 16.0 Å². The lowest BCUT2D eigenvalue weighted by Gasteiger charge is -2.22. The first-order chi connectivity index (χ1) is 10.1. The quantitative estimate of drug-likeness (QED) is 0.432. The molecule has 0 aliphatic carbocycles. The van der Waals surface area contributed by atoms with Gasteiger partial charge in [-0.3, -0.25) is 4.79 Å². The minimum Gasteiger partial charge on any atom is -0.298 e. The van der Waals surface area contributed by atoms with Crippen molar-refractivity contribution in [1.29, 1.82) is 0 Å². The normalized spacial score (nSPS) is 12.6. The van der Waals surface area contributed by atoms with E-state index in [1.807, 2.05) is 0 Å². The number of benzene rings is 2. The van der Waals surface area contributed by atoms with Gasteiger partial charge in [-0.1, -0.05) is 74.6 Å². The third kappa shape index (κ3) is 3.70. The zero-order chi connectivity index (χ0) is 15.3. The summed E-state index contributed by atoms with van der Waals surface area (Å²) in [5.74, 6) is 0. The van der Waals surface area contributed by atoms with Crippen molar-refractivity contribution in [2.45, 2.75) is 39.3 Å². The second kappa shape index (κ2) is 6.86. The lowest BCUT2D eigenvalue weighted by molar-refractivity contribution is -0.105. The molecule has 2 heteroatoms. The van der Waals surface area contributed by atoms with E-state index in [2.05, 4.69) is 68.2 Å². The van der Waals surface area contributed by atoms with E-state index in [4.69, 9.17) is 0 Å². The van der Waals surface area contributed by atoms with Crippen LogP contribution in [0, 0.1) is 0 Å². The summed E-state index contributed by atoms with van der Waals surface area (Å²) < 4.78 is 0. The minimum atomic E-state index is -1.77. The van der Waals surface area contributed by atoms with E-state index in [0.717, 1.165) is 31.1 Å². The molecule has 0 heterocycles. The fourth-order valence-corrected chi connectivity index (χ4v) is 5.62. The number of aldehydes is 1. The molecule has 0 spiro atoms. The number of carbonyl (C=O) groups excluding carboxylic acids is 1. The standard InChI is InChI=1S/C19H24OSi/c1-4-5-9-16(14-20)15-21(2,3)19-13-8-11-17-10-6-7-12-18(17)19/h6-8,10-15H,4-5,9H2,1-3H3/b16-15-. The number of allylic oxidation sites excluding steroid dienone is 1. The molecule has 0 bridgehead atoms. The highest BCUT2D eigenvalue weighted by Gasteiger charge is 2.23. The Balaban J connectivity index is 2.45. The van der Waals surface area contributed by atoms with Crippen LogP contribution in [0.1, 0.15) is 26.2 Å². The van der Waals surface area contributed by atoms with Gasteiger partial charge in [0.25, 0.3) is 0 Å². The molecule has 0 unspecified atom stereocenters. The predicted molar refractivity (Wildman–Crippen MR) is 94.7 cm³/mol. The SMILES string of the molecule is CCCC/C(C=O)=C/[Si](C)(C)c1cccc2ccccc12. The fraction of sp³-hybridized carbons (Fsp3) is 0.316. The van der Waals surface area contributed by atoms with Crippen LogP contribution in [-0.2, 0) is 4.79 Å². The molecule has 0 saturated carbocycles. The van der Waals surface area contributed by atoms with Crippen molar-refractivity contribution in [3.8, 4) is 0 Å². The Morgan fingerprint density at radius 1 is 1.10 bits per heavy atom.